The van der Waals surface area contributed by atoms with Gasteiger partial charge >= 0.3 is 0 Å². The third-order valence-electron chi connectivity index (χ3n) is 5.44. The fourth-order valence-electron chi connectivity index (χ4n) is 3.85. The second-order valence-electron chi connectivity index (χ2n) is 7.48. The highest BCUT2D eigenvalue weighted by Gasteiger charge is 2.18. The molecular weight excluding hydrogens is 402 g/mol. The lowest BCUT2D eigenvalue weighted by Crippen LogP contribution is -1.98. The molecule has 0 saturated heterocycles. The lowest BCUT2D eigenvalue weighted by molar-refractivity contribution is 0.0992. The number of hydrogen-bond donors (Lipinski definition) is 2. The molecule has 0 aliphatic heterocycles. The lowest BCUT2D eigenvalue weighted by Gasteiger charge is -2.06. The van der Waals surface area contributed by atoms with Crippen molar-refractivity contribution in [2.24, 2.45) is 10.2 Å². The maximum absolute atomic E-state index is 12.7. The summed E-state index contributed by atoms with van der Waals surface area (Å²) in [7, 11) is 0. The van der Waals surface area contributed by atoms with Gasteiger partial charge in [0.1, 0.15) is 5.75 Å². The van der Waals surface area contributed by atoms with Crippen LogP contribution in [0.2, 0.25) is 0 Å². The first-order valence-corrected chi connectivity index (χ1v) is 10.1. The number of rotatable bonds is 4. The molecule has 1 heterocycles. The molecule has 0 atom stereocenters. The molecule has 4 aromatic carbocycles. The zero-order valence-electron chi connectivity index (χ0n) is 17.0. The molecule has 0 aliphatic carbocycles. The summed E-state index contributed by atoms with van der Waals surface area (Å²) < 4.78 is 1.73. The number of hydrogen-bond acceptors (Lipinski definition) is 4. The molecule has 0 spiro atoms. The molecule has 0 bridgehead atoms. The number of phenols is 1. The van der Waals surface area contributed by atoms with E-state index >= 15 is 0 Å². The Balaban J connectivity index is 1.53. The third kappa shape index (κ3) is 3.48. The van der Waals surface area contributed by atoms with Gasteiger partial charge in [-0.25, -0.2) is 0 Å². The van der Waals surface area contributed by atoms with Crippen molar-refractivity contribution < 1.29 is 15.0 Å². The maximum atomic E-state index is 12.7. The molecule has 0 radical (unpaired) electrons. The summed E-state index contributed by atoms with van der Waals surface area (Å²) in [5, 5.41) is 31.4. The standard InChI is InChI=1S/C26H19N3O3/c30-23-15-19-11-5-4-10-18(19)14-21(23)25(31)28-27-24-20-12-6-7-13-22(20)29(26(24)32)16-17-8-2-1-3-9-17/h1-15,30,32H,16H2. The van der Waals surface area contributed by atoms with Crippen molar-refractivity contribution in [2.75, 3.05) is 0 Å². The number of carbonyl (C=O) groups is 1. The zero-order valence-corrected chi connectivity index (χ0v) is 17.0. The second-order valence-corrected chi connectivity index (χ2v) is 7.48. The normalized spacial score (nSPS) is 11.5. The van der Waals surface area contributed by atoms with Crippen LogP contribution in [0.25, 0.3) is 21.7 Å². The fourth-order valence-corrected chi connectivity index (χ4v) is 3.85. The Bertz CT molecular complexity index is 1490. The number of nitrogens with zero attached hydrogens (tertiary/aromatic N) is 3. The van der Waals surface area contributed by atoms with E-state index in [0.29, 0.717) is 11.9 Å². The molecule has 0 aliphatic rings. The molecule has 1 aromatic heterocycles. The highest BCUT2D eigenvalue weighted by Crippen LogP contribution is 2.39. The van der Waals surface area contributed by atoms with E-state index in [-0.39, 0.29) is 22.9 Å². The molecule has 1 amide bonds. The lowest BCUT2D eigenvalue weighted by atomic mass is 10.1. The number of aromatic nitrogens is 1. The van der Waals surface area contributed by atoms with Gasteiger partial charge in [0, 0.05) is 5.39 Å². The van der Waals surface area contributed by atoms with Crippen LogP contribution in [0, 0.1) is 0 Å². The fraction of sp³-hybridized carbons (Fsp3) is 0.0385. The van der Waals surface area contributed by atoms with Gasteiger partial charge in [-0.1, -0.05) is 72.8 Å². The van der Waals surface area contributed by atoms with Crippen molar-refractivity contribution in [2.45, 2.75) is 6.54 Å². The summed E-state index contributed by atoms with van der Waals surface area (Å²) in [5.74, 6) is -0.926. The summed E-state index contributed by atoms with van der Waals surface area (Å²) >= 11 is 0. The highest BCUT2D eigenvalue weighted by atomic mass is 16.3. The van der Waals surface area contributed by atoms with Crippen LogP contribution >= 0.6 is 0 Å². The van der Waals surface area contributed by atoms with Crippen molar-refractivity contribution in [1.29, 1.82) is 0 Å². The van der Waals surface area contributed by atoms with Crippen LogP contribution in [0.5, 0.6) is 11.6 Å². The van der Waals surface area contributed by atoms with Gasteiger partial charge in [-0.2, -0.15) is 0 Å². The monoisotopic (exact) mass is 421 g/mol. The summed E-state index contributed by atoms with van der Waals surface area (Å²) in [5.41, 5.74) is 2.07. The van der Waals surface area contributed by atoms with E-state index < -0.39 is 5.91 Å². The van der Waals surface area contributed by atoms with Crippen molar-refractivity contribution in [3.8, 4) is 11.6 Å². The predicted octanol–water partition coefficient (Wildman–Crippen LogP) is 6.18. The van der Waals surface area contributed by atoms with E-state index in [2.05, 4.69) is 10.2 Å². The summed E-state index contributed by atoms with van der Waals surface area (Å²) in [6.45, 7) is 0.447. The number of fused-ring (bicyclic) bond motifs is 2. The highest BCUT2D eigenvalue weighted by molar-refractivity contribution is 6.02. The van der Waals surface area contributed by atoms with E-state index in [1.165, 1.54) is 6.07 Å². The van der Waals surface area contributed by atoms with Crippen LogP contribution in [0.15, 0.2) is 101 Å². The van der Waals surface area contributed by atoms with Crippen LogP contribution in [-0.2, 0) is 6.54 Å². The molecule has 0 saturated carbocycles. The van der Waals surface area contributed by atoms with Crippen molar-refractivity contribution in [3.05, 3.63) is 102 Å². The Hall–Kier alpha value is -4.45. The third-order valence-corrected chi connectivity index (χ3v) is 5.44. The van der Waals surface area contributed by atoms with Gasteiger partial charge < -0.3 is 14.8 Å². The van der Waals surface area contributed by atoms with E-state index in [1.807, 2.05) is 78.9 Å². The SMILES string of the molecule is O=C(N=Nc1c(O)n(Cc2ccccc2)c2ccccc12)c1cc2ccccc2cc1O. The van der Waals surface area contributed by atoms with Crippen LogP contribution in [-0.4, -0.2) is 20.7 Å². The molecule has 6 nitrogen and oxygen atoms in total. The predicted molar refractivity (Wildman–Crippen MR) is 124 cm³/mol. The van der Waals surface area contributed by atoms with Gasteiger partial charge in [0.05, 0.1) is 17.6 Å². The maximum Gasteiger partial charge on any atom is 0.299 e. The topological polar surface area (TPSA) is 87.2 Å². The van der Waals surface area contributed by atoms with Gasteiger partial charge in [0.25, 0.3) is 5.91 Å². The minimum absolute atomic E-state index is 0.0555. The van der Waals surface area contributed by atoms with Gasteiger partial charge in [-0.3, -0.25) is 4.79 Å². The molecule has 2 N–H and O–H groups in total. The minimum atomic E-state index is -0.687. The summed E-state index contributed by atoms with van der Waals surface area (Å²) in [6, 6.07) is 27.7. The number of phenolic OH excluding ortho intramolecular Hbond substituents is 1. The first kappa shape index (κ1) is 19.5. The van der Waals surface area contributed by atoms with E-state index in [9.17, 15) is 15.0 Å². The molecule has 6 heteroatoms. The van der Waals surface area contributed by atoms with Crippen molar-refractivity contribution in [3.63, 3.8) is 0 Å². The molecule has 156 valence electrons. The number of aromatic hydroxyl groups is 2. The summed E-state index contributed by atoms with van der Waals surface area (Å²) in [4.78, 5) is 12.7. The number of amides is 1. The first-order valence-electron chi connectivity index (χ1n) is 10.1. The van der Waals surface area contributed by atoms with Crippen molar-refractivity contribution in [1.82, 2.24) is 4.57 Å². The Morgan fingerprint density at radius 1 is 0.812 bits per heavy atom. The van der Waals surface area contributed by atoms with E-state index in [1.54, 1.807) is 10.6 Å². The zero-order chi connectivity index (χ0) is 22.1. The molecule has 32 heavy (non-hydrogen) atoms. The molecule has 0 fully saturated rings. The Kier molecular flexibility index (Phi) is 4.88. The average Bonchev–Trinajstić information content (AvgIpc) is 3.08. The minimum Gasteiger partial charge on any atom is -0.507 e. The molecule has 5 aromatic rings. The largest absolute Gasteiger partial charge is 0.507 e. The second kappa shape index (κ2) is 8.00. The van der Waals surface area contributed by atoms with E-state index in [0.717, 1.165) is 21.9 Å². The van der Waals surface area contributed by atoms with Gasteiger partial charge in [-0.15, -0.1) is 10.2 Å². The number of carbonyl (C=O) groups excluding carboxylic acids is 1. The Labute approximate surface area is 183 Å². The van der Waals surface area contributed by atoms with Gasteiger partial charge in [0.2, 0.25) is 5.88 Å². The molecular formula is C26H19N3O3. The van der Waals surface area contributed by atoms with E-state index in [4.69, 9.17) is 0 Å². The summed E-state index contributed by atoms with van der Waals surface area (Å²) in [6.07, 6.45) is 0. The quantitative estimate of drug-likeness (QED) is 0.340. The smallest absolute Gasteiger partial charge is 0.299 e. The van der Waals surface area contributed by atoms with Crippen LogP contribution in [0.1, 0.15) is 15.9 Å². The average molecular weight is 421 g/mol. The number of benzene rings is 4. The van der Waals surface area contributed by atoms with Crippen LogP contribution in [0.4, 0.5) is 5.69 Å². The molecule has 5 rings (SSSR count). The Morgan fingerprint density at radius 3 is 2.25 bits per heavy atom. The molecule has 0 unspecified atom stereocenters. The van der Waals surface area contributed by atoms with Crippen molar-refractivity contribution >= 4 is 33.3 Å². The van der Waals surface area contributed by atoms with Crippen LogP contribution < -0.4 is 0 Å². The van der Waals surface area contributed by atoms with Crippen LogP contribution in [0.3, 0.4) is 0 Å². The Morgan fingerprint density at radius 2 is 1.47 bits per heavy atom. The van der Waals surface area contributed by atoms with Gasteiger partial charge in [-0.05, 0) is 34.5 Å². The number of para-hydroxylation sites is 1. The first-order chi connectivity index (χ1) is 15.6. The number of azo groups is 1. The van der Waals surface area contributed by atoms with Gasteiger partial charge in [0.15, 0.2) is 5.69 Å².